The first-order valence-corrected chi connectivity index (χ1v) is 7.75. The molecule has 1 aromatic heterocycles. The molecule has 0 aromatic carbocycles. The second kappa shape index (κ2) is 7.43. The first kappa shape index (κ1) is 15.0. The lowest BCUT2D eigenvalue weighted by Crippen LogP contribution is -2.40. The zero-order valence-electron chi connectivity index (χ0n) is 13.0. The van der Waals surface area contributed by atoms with Crippen molar-refractivity contribution in [3.63, 3.8) is 0 Å². The van der Waals surface area contributed by atoms with Crippen LogP contribution in [0, 0.1) is 0 Å². The molecule has 1 aromatic rings. The van der Waals surface area contributed by atoms with Crippen molar-refractivity contribution < 1.29 is 0 Å². The summed E-state index contributed by atoms with van der Waals surface area (Å²) in [6.07, 6.45) is 5.11. The molecular weight excluding hydrogens is 250 g/mol. The number of nitrogens with zero attached hydrogens (tertiary/aromatic N) is 4. The Balaban J connectivity index is 2.15. The van der Waals surface area contributed by atoms with Crippen LogP contribution in [0.1, 0.15) is 33.1 Å². The molecule has 2 rings (SSSR count). The first-order chi connectivity index (χ1) is 9.74. The van der Waals surface area contributed by atoms with Crippen LogP contribution in [0.15, 0.2) is 12.4 Å². The standard InChI is InChI=1S/C15H27N5/c1-4-7-16-14-10-15(18-12-17-14)20-9-6-8-19(3)11-13(20)5-2/h10,12-13H,4-9,11H2,1-3H3,(H,16,17,18). The number of anilines is 2. The van der Waals surface area contributed by atoms with Gasteiger partial charge in [0.25, 0.3) is 0 Å². The molecule has 1 N–H and O–H groups in total. The van der Waals surface area contributed by atoms with Crippen LogP contribution in [0.5, 0.6) is 0 Å². The fraction of sp³-hybridized carbons (Fsp3) is 0.733. The van der Waals surface area contributed by atoms with Gasteiger partial charge in [0.15, 0.2) is 0 Å². The molecule has 1 fully saturated rings. The van der Waals surface area contributed by atoms with Gasteiger partial charge in [-0.15, -0.1) is 0 Å². The molecule has 5 nitrogen and oxygen atoms in total. The molecule has 0 radical (unpaired) electrons. The van der Waals surface area contributed by atoms with E-state index in [0.29, 0.717) is 6.04 Å². The molecule has 112 valence electrons. The molecular formula is C15H27N5. The monoisotopic (exact) mass is 277 g/mol. The maximum atomic E-state index is 4.49. The molecule has 0 saturated carbocycles. The van der Waals surface area contributed by atoms with E-state index in [1.807, 2.05) is 0 Å². The fourth-order valence-electron chi connectivity index (χ4n) is 2.75. The molecule has 1 saturated heterocycles. The molecule has 1 atom stereocenters. The van der Waals surface area contributed by atoms with E-state index in [1.54, 1.807) is 6.33 Å². The maximum absolute atomic E-state index is 4.49. The largest absolute Gasteiger partial charge is 0.370 e. The summed E-state index contributed by atoms with van der Waals surface area (Å²) in [5.41, 5.74) is 0. The van der Waals surface area contributed by atoms with Gasteiger partial charge in [0.2, 0.25) is 0 Å². The second-order valence-electron chi connectivity index (χ2n) is 5.56. The number of likely N-dealkylation sites (N-methyl/N-ethyl adjacent to an activating group) is 1. The smallest absolute Gasteiger partial charge is 0.134 e. The van der Waals surface area contributed by atoms with Crippen molar-refractivity contribution in [1.82, 2.24) is 14.9 Å². The van der Waals surface area contributed by atoms with E-state index in [1.165, 1.54) is 13.0 Å². The number of nitrogens with one attached hydrogen (secondary N) is 1. The Morgan fingerprint density at radius 1 is 1.30 bits per heavy atom. The normalized spacial score (nSPS) is 20.8. The van der Waals surface area contributed by atoms with E-state index < -0.39 is 0 Å². The molecule has 1 aliphatic rings. The Labute approximate surface area is 122 Å². The topological polar surface area (TPSA) is 44.3 Å². The van der Waals surface area contributed by atoms with Crippen LogP contribution >= 0.6 is 0 Å². The molecule has 2 heterocycles. The maximum Gasteiger partial charge on any atom is 0.134 e. The lowest BCUT2D eigenvalue weighted by Gasteiger charge is -2.31. The highest BCUT2D eigenvalue weighted by atomic mass is 15.3. The Morgan fingerprint density at radius 3 is 2.90 bits per heavy atom. The van der Waals surface area contributed by atoms with Crippen molar-refractivity contribution in [1.29, 1.82) is 0 Å². The van der Waals surface area contributed by atoms with Crippen LogP contribution in [-0.2, 0) is 0 Å². The van der Waals surface area contributed by atoms with Crippen molar-refractivity contribution in [2.24, 2.45) is 0 Å². The summed E-state index contributed by atoms with van der Waals surface area (Å²) in [7, 11) is 2.21. The molecule has 0 bridgehead atoms. The van der Waals surface area contributed by atoms with Gasteiger partial charge >= 0.3 is 0 Å². The summed E-state index contributed by atoms with van der Waals surface area (Å²) < 4.78 is 0. The van der Waals surface area contributed by atoms with Crippen LogP contribution in [0.25, 0.3) is 0 Å². The van der Waals surface area contributed by atoms with E-state index in [9.17, 15) is 0 Å². The molecule has 0 amide bonds. The van der Waals surface area contributed by atoms with Crippen molar-refractivity contribution in [3.8, 4) is 0 Å². The van der Waals surface area contributed by atoms with E-state index in [0.717, 1.165) is 44.1 Å². The first-order valence-electron chi connectivity index (χ1n) is 7.75. The average Bonchev–Trinajstić information content (AvgIpc) is 2.66. The molecule has 0 aliphatic carbocycles. The third kappa shape index (κ3) is 3.82. The Hall–Kier alpha value is -1.36. The molecule has 1 aliphatic heterocycles. The highest BCUT2D eigenvalue weighted by Gasteiger charge is 2.23. The van der Waals surface area contributed by atoms with E-state index in [-0.39, 0.29) is 0 Å². The lowest BCUT2D eigenvalue weighted by atomic mass is 10.2. The summed E-state index contributed by atoms with van der Waals surface area (Å²) in [6, 6.07) is 2.63. The number of hydrogen-bond donors (Lipinski definition) is 1. The van der Waals surface area contributed by atoms with Gasteiger partial charge in [-0.2, -0.15) is 0 Å². The summed E-state index contributed by atoms with van der Waals surface area (Å²) in [5.74, 6) is 1.99. The van der Waals surface area contributed by atoms with Gasteiger partial charge < -0.3 is 15.1 Å². The van der Waals surface area contributed by atoms with Gasteiger partial charge in [-0.25, -0.2) is 9.97 Å². The number of rotatable bonds is 5. The van der Waals surface area contributed by atoms with Gasteiger partial charge in [-0.05, 0) is 32.9 Å². The van der Waals surface area contributed by atoms with Crippen molar-refractivity contribution in [2.75, 3.05) is 43.4 Å². The summed E-state index contributed by atoms with van der Waals surface area (Å²) in [4.78, 5) is 13.7. The van der Waals surface area contributed by atoms with Crippen LogP contribution in [0.4, 0.5) is 11.6 Å². The van der Waals surface area contributed by atoms with Crippen LogP contribution in [-0.4, -0.2) is 54.1 Å². The van der Waals surface area contributed by atoms with Gasteiger partial charge in [0, 0.05) is 31.7 Å². The SMILES string of the molecule is CCCNc1cc(N2CCCN(C)CC2CC)ncn1. The highest BCUT2D eigenvalue weighted by molar-refractivity contribution is 5.49. The highest BCUT2D eigenvalue weighted by Crippen LogP contribution is 2.21. The zero-order valence-corrected chi connectivity index (χ0v) is 13.0. The number of aromatic nitrogens is 2. The van der Waals surface area contributed by atoms with Gasteiger partial charge in [0.1, 0.15) is 18.0 Å². The predicted octanol–water partition coefficient (Wildman–Crippen LogP) is 2.22. The van der Waals surface area contributed by atoms with Crippen LogP contribution in [0.2, 0.25) is 0 Å². The average molecular weight is 277 g/mol. The van der Waals surface area contributed by atoms with Gasteiger partial charge in [-0.3, -0.25) is 0 Å². The minimum atomic E-state index is 0.538. The third-order valence-electron chi connectivity index (χ3n) is 3.88. The Kier molecular flexibility index (Phi) is 5.59. The molecule has 0 spiro atoms. The molecule has 5 heteroatoms. The van der Waals surface area contributed by atoms with Crippen LogP contribution < -0.4 is 10.2 Å². The lowest BCUT2D eigenvalue weighted by molar-refractivity contribution is 0.327. The van der Waals surface area contributed by atoms with Gasteiger partial charge in [0.05, 0.1) is 0 Å². The quantitative estimate of drug-likeness (QED) is 0.894. The second-order valence-corrected chi connectivity index (χ2v) is 5.56. The Morgan fingerprint density at radius 2 is 2.15 bits per heavy atom. The van der Waals surface area contributed by atoms with Crippen LogP contribution in [0.3, 0.4) is 0 Å². The van der Waals surface area contributed by atoms with Crippen molar-refractivity contribution in [2.45, 2.75) is 39.2 Å². The van der Waals surface area contributed by atoms with Crippen molar-refractivity contribution in [3.05, 3.63) is 12.4 Å². The minimum Gasteiger partial charge on any atom is -0.370 e. The predicted molar refractivity (Wildman–Crippen MR) is 84.4 cm³/mol. The Bertz CT molecular complexity index is 409. The minimum absolute atomic E-state index is 0.538. The van der Waals surface area contributed by atoms with Gasteiger partial charge in [-0.1, -0.05) is 13.8 Å². The third-order valence-corrected chi connectivity index (χ3v) is 3.88. The number of hydrogen-bond acceptors (Lipinski definition) is 5. The van der Waals surface area contributed by atoms with E-state index in [4.69, 9.17) is 0 Å². The zero-order chi connectivity index (χ0) is 14.4. The summed E-state index contributed by atoms with van der Waals surface area (Å²) in [5, 5.41) is 3.34. The molecule has 1 unspecified atom stereocenters. The van der Waals surface area contributed by atoms with Crippen molar-refractivity contribution >= 4 is 11.6 Å². The van der Waals surface area contributed by atoms with E-state index in [2.05, 4.69) is 52.0 Å². The fourth-order valence-corrected chi connectivity index (χ4v) is 2.75. The molecule has 20 heavy (non-hydrogen) atoms. The van der Waals surface area contributed by atoms with E-state index >= 15 is 0 Å². The summed E-state index contributed by atoms with van der Waals surface area (Å²) >= 11 is 0. The summed E-state index contributed by atoms with van der Waals surface area (Å²) in [6.45, 7) is 8.72.